The highest BCUT2D eigenvalue weighted by molar-refractivity contribution is 9.10. The molecule has 0 aromatic heterocycles. The fourth-order valence-corrected chi connectivity index (χ4v) is 2.80. The number of amides is 1. The quantitative estimate of drug-likeness (QED) is 0.870. The molecule has 0 radical (unpaired) electrons. The van der Waals surface area contributed by atoms with E-state index in [1.165, 1.54) is 12.8 Å². The summed E-state index contributed by atoms with van der Waals surface area (Å²) in [5.41, 5.74) is 0.793. The Morgan fingerprint density at radius 2 is 2.06 bits per heavy atom. The molecule has 0 aliphatic heterocycles. The minimum absolute atomic E-state index is 0.125. The lowest BCUT2D eigenvalue weighted by atomic mass is 10.1. The van der Waals surface area contributed by atoms with E-state index in [0.717, 1.165) is 23.0 Å². The van der Waals surface area contributed by atoms with Crippen LogP contribution in [0.3, 0.4) is 0 Å². The largest absolute Gasteiger partial charge is 0.325 e. The van der Waals surface area contributed by atoms with E-state index in [4.69, 9.17) is 11.6 Å². The maximum absolute atomic E-state index is 11.9. The molecule has 4 heteroatoms. The molecule has 1 fully saturated rings. The summed E-state index contributed by atoms with van der Waals surface area (Å²) in [7, 11) is 0. The van der Waals surface area contributed by atoms with Crippen molar-refractivity contribution in [1.29, 1.82) is 0 Å². The molecule has 0 bridgehead atoms. The molecule has 86 valence electrons. The maximum Gasteiger partial charge on any atom is 0.227 e. The first kappa shape index (κ1) is 11.9. The van der Waals surface area contributed by atoms with Crippen LogP contribution in [0.2, 0.25) is 5.02 Å². The monoisotopic (exact) mass is 301 g/mol. The van der Waals surface area contributed by atoms with Crippen molar-refractivity contribution in [3.05, 3.63) is 27.7 Å². The van der Waals surface area contributed by atoms with Crippen LogP contribution < -0.4 is 5.32 Å². The third kappa shape index (κ3) is 2.77. The molecule has 0 heterocycles. The van der Waals surface area contributed by atoms with E-state index in [1.54, 1.807) is 12.1 Å². The van der Waals surface area contributed by atoms with Crippen molar-refractivity contribution >= 4 is 39.1 Å². The van der Waals surface area contributed by atoms with Gasteiger partial charge in [0.05, 0.1) is 5.69 Å². The molecule has 0 unspecified atom stereocenters. The Bertz CT molecular complexity index is 402. The molecule has 1 saturated carbocycles. The average molecular weight is 303 g/mol. The number of carbonyl (C=O) groups excluding carboxylic acids is 1. The fourth-order valence-electron chi connectivity index (χ4n) is 2.01. The van der Waals surface area contributed by atoms with Crippen LogP contribution in [0.5, 0.6) is 0 Å². The third-order valence-corrected chi connectivity index (χ3v) is 3.81. The van der Waals surface area contributed by atoms with Crippen molar-refractivity contribution in [2.45, 2.75) is 25.7 Å². The lowest BCUT2D eigenvalue weighted by Crippen LogP contribution is -2.20. The molecule has 2 nitrogen and oxygen atoms in total. The summed E-state index contributed by atoms with van der Waals surface area (Å²) in [6.45, 7) is 0. The van der Waals surface area contributed by atoms with Crippen LogP contribution in [0.4, 0.5) is 5.69 Å². The summed E-state index contributed by atoms with van der Waals surface area (Å²) in [6, 6.07) is 5.38. The summed E-state index contributed by atoms with van der Waals surface area (Å²) >= 11 is 9.22. The van der Waals surface area contributed by atoms with Crippen molar-refractivity contribution in [3.63, 3.8) is 0 Å². The second kappa shape index (κ2) is 5.19. The van der Waals surface area contributed by atoms with E-state index in [0.29, 0.717) is 5.02 Å². The average Bonchev–Trinajstić information content (AvgIpc) is 2.75. The van der Waals surface area contributed by atoms with Crippen molar-refractivity contribution < 1.29 is 4.79 Å². The Morgan fingerprint density at radius 3 is 2.69 bits per heavy atom. The first-order chi connectivity index (χ1) is 7.66. The molecule has 1 aromatic rings. The SMILES string of the molecule is O=C(Nc1ccc(Cl)cc1Br)C1CCCC1. The number of halogens is 2. The number of nitrogens with one attached hydrogen (secondary N) is 1. The number of benzene rings is 1. The van der Waals surface area contributed by atoms with E-state index >= 15 is 0 Å². The van der Waals surface area contributed by atoms with Crippen LogP contribution in [-0.2, 0) is 4.79 Å². The Hall–Kier alpha value is -0.540. The van der Waals surface area contributed by atoms with E-state index in [9.17, 15) is 4.79 Å². The standard InChI is InChI=1S/C12H13BrClNO/c13-10-7-9(14)5-6-11(10)15-12(16)8-3-1-2-4-8/h5-8H,1-4H2,(H,15,16). The number of hydrogen-bond donors (Lipinski definition) is 1. The smallest absolute Gasteiger partial charge is 0.227 e. The maximum atomic E-state index is 11.9. The zero-order valence-electron chi connectivity index (χ0n) is 8.80. The number of rotatable bonds is 2. The molecule has 1 aliphatic carbocycles. The molecule has 1 aromatic carbocycles. The van der Waals surface area contributed by atoms with E-state index in [-0.39, 0.29) is 11.8 Å². The second-order valence-electron chi connectivity index (χ2n) is 4.09. The Labute approximate surface area is 108 Å². The summed E-state index contributed by atoms with van der Waals surface area (Å²) in [5, 5.41) is 3.59. The Kier molecular flexibility index (Phi) is 3.87. The molecule has 1 amide bonds. The van der Waals surface area contributed by atoms with E-state index in [1.807, 2.05) is 6.07 Å². The highest BCUT2D eigenvalue weighted by Crippen LogP contribution is 2.29. The van der Waals surface area contributed by atoms with Gasteiger partial charge in [-0.15, -0.1) is 0 Å². The van der Waals surface area contributed by atoms with Crippen LogP contribution >= 0.6 is 27.5 Å². The van der Waals surface area contributed by atoms with Crippen LogP contribution in [0.15, 0.2) is 22.7 Å². The fraction of sp³-hybridized carbons (Fsp3) is 0.417. The van der Waals surface area contributed by atoms with E-state index in [2.05, 4.69) is 21.2 Å². The van der Waals surface area contributed by atoms with Crippen LogP contribution in [0.1, 0.15) is 25.7 Å². The van der Waals surface area contributed by atoms with Gasteiger partial charge in [0, 0.05) is 15.4 Å². The zero-order valence-corrected chi connectivity index (χ0v) is 11.1. The van der Waals surface area contributed by atoms with Gasteiger partial charge in [-0.05, 0) is 47.0 Å². The highest BCUT2D eigenvalue weighted by atomic mass is 79.9. The molecular weight excluding hydrogens is 289 g/mol. The summed E-state index contributed by atoms with van der Waals surface area (Å²) in [6.07, 6.45) is 4.35. The first-order valence-electron chi connectivity index (χ1n) is 5.43. The molecule has 2 rings (SSSR count). The van der Waals surface area contributed by atoms with Crippen molar-refractivity contribution in [2.24, 2.45) is 5.92 Å². The lowest BCUT2D eigenvalue weighted by molar-refractivity contribution is -0.119. The van der Waals surface area contributed by atoms with Gasteiger partial charge in [-0.2, -0.15) is 0 Å². The topological polar surface area (TPSA) is 29.1 Å². The van der Waals surface area contributed by atoms with Crippen molar-refractivity contribution in [1.82, 2.24) is 0 Å². The van der Waals surface area contributed by atoms with E-state index < -0.39 is 0 Å². The number of hydrogen-bond acceptors (Lipinski definition) is 1. The van der Waals surface area contributed by atoms with Crippen molar-refractivity contribution in [3.8, 4) is 0 Å². The molecule has 0 spiro atoms. The molecule has 16 heavy (non-hydrogen) atoms. The summed E-state index contributed by atoms with van der Waals surface area (Å²) in [5.74, 6) is 0.308. The van der Waals surface area contributed by atoms with Crippen LogP contribution in [0.25, 0.3) is 0 Å². The van der Waals surface area contributed by atoms with Gasteiger partial charge < -0.3 is 5.32 Å². The van der Waals surface area contributed by atoms with Gasteiger partial charge in [0.25, 0.3) is 0 Å². The van der Waals surface area contributed by atoms with Crippen LogP contribution in [0, 0.1) is 5.92 Å². The Morgan fingerprint density at radius 1 is 1.38 bits per heavy atom. The first-order valence-corrected chi connectivity index (χ1v) is 6.60. The number of carbonyl (C=O) groups is 1. The van der Waals surface area contributed by atoms with Gasteiger partial charge in [-0.25, -0.2) is 0 Å². The molecule has 1 N–H and O–H groups in total. The summed E-state index contributed by atoms with van der Waals surface area (Å²) < 4.78 is 0.825. The minimum atomic E-state index is 0.125. The molecule has 0 saturated heterocycles. The molecule has 0 atom stereocenters. The second-order valence-corrected chi connectivity index (χ2v) is 5.39. The van der Waals surface area contributed by atoms with Gasteiger partial charge in [0.2, 0.25) is 5.91 Å². The van der Waals surface area contributed by atoms with Gasteiger partial charge in [-0.3, -0.25) is 4.79 Å². The zero-order chi connectivity index (χ0) is 11.5. The number of anilines is 1. The third-order valence-electron chi connectivity index (χ3n) is 2.91. The summed E-state index contributed by atoms with van der Waals surface area (Å²) in [4.78, 5) is 11.9. The highest BCUT2D eigenvalue weighted by Gasteiger charge is 2.22. The van der Waals surface area contributed by atoms with Gasteiger partial charge in [-0.1, -0.05) is 24.4 Å². The molecular formula is C12H13BrClNO. The van der Waals surface area contributed by atoms with Gasteiger partial charge in [0.1, 0.15) is 0 Å². The predicted molar refractivity (Wildman–Crippen MR) is 69.7 cm³/mol. The van der Waals surface area contributed by atoms with Gasteiger partial charge >= 0.3 is 0 Å². The Balaban J connectivity index is 2.05. The van der Waals surface area contributed by atoms with Crippen LogP contribution in [-0.4, -0.2) is 5.91 Å². The molecule has 1 aliphatic rings. The lowest BCUT2D eigenvalue weighted by Gasteiger charge is -2.11. The predicted octanol–water partition coefficient (Wildman–Crippen LogP) is 4.23. The van der Waals surface area contributed by atoms with Crippen molar-refractivity contribution in [2.75, 3.05) is 5.32 Å². The normalized spacial score (nSPS) is 16.4. The van der Waals surface area contributed by atoms with Gasteiger partial charge in [0.15, 0.2) is 0 Å². The minimum Gasteiger partial charge on any atom is -0.325 e.